The van der Waals surface area contributed by atoms with Crippen LogP contribution in [-0.2, 0) is 14.8 Å². The van der Waals surface area contributed by atoms with Crippen molar-refractivity contribution in [1.29, 1.82) is 0 Å². The molecule has 0 saturated carbocycles. The van der Waals surface area contributed by atoms with Gasteiger partial charge in [-0.05, 0) is 47.0 Å². The van der Waals surface area contributed by atoms with Gasteiger partial charge in [-0.3, -0.25) is 4.79 Å². The molecule has 20 heavy (non-hydrogen) atoms. The van der Waals surface area contributed by atoms with E-state index in [0.717, 1.165) is 10.4 Å². The molecule has 1 unspecified atom stereocenters. The molecule has 1 aliphatic heterocycles. The van der Waals surface area contributed by atoms with Crippen LogP contribution in [0.2, 0.25) is 0 Å². The van der Waals surface area contributed by atoms with Crippen LogP contribution in [0.4, 0.5) is 4.39 Å². The lowest BCUT2D eigenvalue weighted by Gasteiger charge is -2.29. The first-order chi connectivity index (χ1) is 9.32. The molecule has 1 atom stereocenters. The summed E-state index contributed by atoms with van der Waals surface area (Å²) >= 11 is 2.96. The fraction of sp³-hybridized carbons (Fsp3) is 0.417. The van der Waals surface area contributed by atoms with E-state index in [0.29, 0.717) is 12.8 Å². The van der Waals surface area contributed by atoms with Crippen LogP contribution in [0.5, 0.6) is 0 Å². The summed E-state index contributed by atoms with van der Waals surface area (Å²) in [5, 5.41) is 8.99. The zero-order valence-corrected chi connectivity index (χ0v) is 12.8. The van der Waals surface area contributed by atoms with Crippen molar-refractivity contribution in [3.8, 4) is 0 Å². The van der Waals surface area contributed by atoms with Crippen molar-refractivity contribution in [2.45, 2.75) is 17.7 Å². The number of rotatable bonds is 3. The van der Waals surface area contributed by atoms with Gasteiger partial charge in [0.1, 0.15) is 5.82 Å². The molecule has 1 aliphatic rings. The highest BCUT2D eigenvalue weighted by atomic mass is 79.9. The highest BCUT2D eigenvalue weighted by molar-refractivity contribution is 9.10. The molecule has 1 aromatic carbocycles. The minimum atomic E-state index is -3.86. The Labute approximate surface area is 124 Å². The first-order valence-corrected chi connectivity index (χ1v) is 8.23. The van der Waals surface area contributed by atoms with Crippen LogP contribution in [-0.4, -0.2) is 36.9 Å². The van der Waals surface area contributed by atoms with E-state index in [4.69, 9.17) is 5.11 Å². The Bertz CT molecular complexity index is 634. The summed E-state index contributed by atoms with van der Waals surface area (Å²) in [6, 6.07) is 3.55. The topological polar surface area (TPSA) is 74.7 Å². The fourth-order valence-corrected chi connectivity index (χ4v) is 3.93. The normalized spacial score (nSPS) is 20.8. The number of benzene rings is 1. The zero-order chi connectivity index (χ0) is 14.9. The highest BCUT2D eigenvalue weighted by Crippen LogP contribution is 2.26. The predicted molar refractivity (Wildman–Crippen MR) is 73.2 cm³/mol. The molecule has 0 aromatic heterocycles. The monoisotopic (exact) mass is 365 g/mol. The number of hydrogen-bond acceptors (Lipinski definition) is 3. The molecule has 1 fully saturated rings. The summed E-state index contributed by atoms with van der Waals surface area (Å²) in [7, 11) is -3.86. The Morgan fingerprint density at radius 1 is 1.45 bits per heavy atom. The van der Waals surface area contributed by atoms with E-state index in [1.54, 1.807) is 0 Å². The van der Waals surface area contributed by atoms with Gasteiger partial charge in [0.2, 0.25) is 10.0 Å². The minimum Gasteiger partial charge on any atom is -0.481 e. The van der Waals surface area contributed by atoms with E-state index in [1.807, 2.05) is 0 Å². The fourth-order valence-electron chi connectivity index (χ4n) is 2.15. The lowest BCUT2D eigenvalue weighted by atomic mass is 10.0. The SMILES string of the molecule is O=C(O)C1CCCN(S(=O)(=O)c2ccc(Br)c(F)c2)C1. The highest BCUT2D eigenvalue weighted by Gasteiger charge is 2.33. The van der Waals surface area contributed by atoms with E-state index < -0.39 is 27.7 Å². The number of nitrogens with zero attached hydrogens (tertiary/aromatic N) is 1. The molecule has 110 valence electrons. The second-order valence-corrected chi connectivity index (χ2v) is 7.41. The molecule has 2 rings (SSSR count). The van der Waals surface area contributed by atoms with Gasteiger partial charge >= 0.3 is 5.97 Å². The van der Waals surface area contributed by atoms with Crippen LogP contribution in [0.25, 0.3) is 0 Å². The Kier molecular flexibility index (Phi) is 4.46. The number of carboxylic acids is 1. The summed E-state index contributed by atoms with van der Waals surface area (Å²) in [4.78, 5) is 10.8. The van der Waals surface area contributed by atoms with Gasteiger partial charge in [0.15, 0.2) is 0 Å². The molecule has 5 nitrogen and oxygen atoms in total. The smallest absolute Gasteiger partial charge is 0.307 e. The maximum Gasteiger partial charge on any atom is 0.307 e. The van der Waals surface area contributed by atoms with E-state index in [-0.39, 0.29) is 22.5 Å². The zero-order valence-electron chi connectivity index (χ0n) is 10.4. The molecule has 0 amide bonds. The van der Waals surface area contributed by atoms with Crippen molar-refractivity contribution in [1.82, 2.24) is 4.31 Å². The second kappa shape index (κ2) is 5.79. The standard InChI is InChI=1S/C12H13BrFNO4S/c13-10-4-3-9(6-11(10)14)20(18,19)15-5-1-2-8(7-15)12(16)17/h3-4,6,8H,1-2,5,7H2,(H,16,17). The third-order valence-corrected chi connectivity index (χ3v) is 5.77. The molecule has 8 heteroatoms. The first kappa shape index (κ1) is 15.4. The van der Waals surface area contributed by atoms with Crippen LogP contribution < -0.4 is 0 Å². The van der Waals surface area contributed by atoms with Crippen LogP contribution in [0.1, 0.15) is 12.8 Å². The van der Waals surface area contributed by atoms with Gasteiger partial charge in [0.25, 0.3) is 0 Å². The van der Waals surface area contributed by atoms with Gasteiger partial charge in [0.05, 0.1) is 15.3 Å². The minimum absolute atomic E-state index is 0.0741. The molecule has 1 N–H and O–H groups in total. The van der Waals surface area contributed by atoms with Crippen molar-refractivity contribution in [3.63, 3.8) is 0 Å². The van der Waals surface area contributed by atoms with Crippen LogP contribution in [0.3, 0.4) is 0 Å². The molecule has 0 bridgehead atoms. The maximum atomic E-state index is 13.5. The second-order valence-electron chi connectivity index (χ2n) is 4.62. The van der Waals surface area contributed by atoms with Gasteiger partial charge < -0.3 is 5.11 Å². The summed E-state index contributed by atoms with van der Waals surface area (Å²) in [5.74, 6) is -2.39. The quantitative estimate of drug-likeness (QED) is 0.889. The first-order valence-electron chi connectivity index (χ1n) is 6.00. The molecule has 1 aromatic rings. The Balaban J connectivity index is 2.29. The average Bonchev–Trinajstić information content (AvgIpc) is 2.42. The lowest BCUT2D eigenvalue weighted by Crippen LogP contribution is -2.42. The van der Waals surface area contributed by atoms with E-state index in [1.165, 1.54) is 12.1 Å². The van der Waals surface area contributed by atoms with Crippen molar-refractivity contribution in [2.24, 2.45) is 5.92 Å². The average molecular weight is 366 g/mol. The van der Waals surface area contributed by atoms with Crippen LogP contribution >= 0.6 is 15.9 Å². The number of piperidine rings is 1. The molecule has 0 radical (unpaired) electrons. The summed E-state index contributed by atoms with van der Waals surface area (Å²) in [5.41, 5.74) is 0. The summed E-state index contributed by atoms with van der Waals surface area (Å²) in [6.45, 7) is 0.180. The number of aliphatic carboxylic acids is 1. The van der Waals surface area contributed by atoms with Gasteiger partial charge in [-0.15, -0.1) is 0 Å². The lowest BCUT2D eigenvalue weighted by molar-refractivity contribution is -0.142. The molecular formula is C12H13BrFNO4S. The molecule has 0 aliphatic carbocycles. The third kappa shape index (κ3) is 3.02. The summed E-state index contributed by atoms with van der Waals surface area (Å²) in [6.07, 6.45) is 0.936. The third-order valence-electron chi connectivity index (χ3n) is 3.26. The van der Waals surface area contributed by atoms with Crippen molar-refractivity contribution < 1.29 is 22.7 Å². The van der Waals surface area contributed by atoms with Crippen LogP contribution in [0, 0.1) is 11.7 Å². The van der Waals surface area contributed by atoms with E-state index in [9.17, 15) is 17.6 Å². The molecule has 1 saturated heterocycles. The largest absolute Gasteiger partial charge is 0.481 e. The molecule has 0 spiro atoms. The number of carbonyl (C=O) groups is 1. The molecule has 1 heterocycles. The van der Waals surface area contributed by atoms with Gasteiger partial charge in [-0.2, -0.15) is 4.31 Å². The van der Waals surface area contributed by atoms with Gasteiger partial charge in [-0.25, -0.2) is 12.8 Å². The van der Waals surface area contributed by atoms with Crippen molar-refractivity contribution in [2.75, 3.05) is 13.1 Å². The Morgan fingerprint density at radius 3 is 2.75 bits per heavy atom. The number of sulfonamides is 1. The Morgan fingerprint density at radius 2 is 2.15 bits per heavy atom. The summed E-state index contributed by atoms with van der Waals surface area (Å²) < 4.78 is 39.5. The number of carboxylic acid groups (broad SMARTS) is 1. The van der Waals surface area contributed by atoms with Gasteiger partial charge in [-0.1, -0.05) is 0 Å². The number of halogens is 2. The number of hydrogen-bond donors (Lipinski definition) is 1. The van der Waals surface area contributed by atoms with Crippen LogP contribution in [0.15, 0.2) is 27.6 Å². The van der Waals surface area contributed by atoms with Gasteiger partial charge in [0, 0.05) is 13.1 Å². The van der Waals surface area contributed by atoms with Crippen molar-refractivity contribution in [3.05, 3.63) is 28.5 Å². The van der Waals surface area contributed by atoms with E-state index in [2.05, 4.69) is 15.9 Å². The molecular weight excluding hydrogens is 353 g/mol. The predicted octanol–water partition coefficient (Wildman–Crippen LogP) is 2.07. The maximum absolute atomic E-state index is 13.5. The Hall–Kier alpha value is -0.990. The van der Waals surface area contributed by atoms with E-state index >= 15 is 0 Å². The van der Waals surface area contributed by atoms with Crippen molar-refractivity contribution >= 4 is 31.9 Å².